The number of methoxy groups -OCH3 is 1. The highest BCUT2D eigenvalue weighted by Gasteiger charge is 2.46. The molecule has 2 aromatic rings. The fourth-order valence-electron chi connectivity index (χ4n) is 3.37. The van der Waals surface area contributed by atoms with Crippen LogP contribution in [-0.2, 0) is 9.59 Å². The van der Waals surface area contributed by atoms with Gasteiger partial charge in [-0.25, -0.2) is 14.1 Å². The SMILES string of the molecule is COc1ccc(NC(=O)C[C@H]2C(=O)N(c3ccc(F)cc3)C(=O)N2CCC(C)C)cc1. The molecule has 1 aliphatic rings. The van der Waals surface area contributed by atoms with Crippen LogP contribution in [-0.4, -0.2) is 42.4 Å². The summed E-state index contributed by atoms with van der Waals surface area (Å²) in [4.78, 5) is 41.2. The smallest absolute Gasteiger partial charge is 0.332 e. The summed E-state index contributed by atoms with van der Waals surface area (Å²) >= 11 is 0. The molecule has 3 rings (SSSR count). The minimum absolute atomic E-state index is 0.174. The van der Waals surface area contributed by atoms with Crippen LogP contribution < -0.4 is 15.0 Å². The second kappa shape index (κ2) is 9.59. The van der Waals surface area contributed by atoms with Crippen molar-refractivity contribution in [1.29, 1.82) is 0 Å². The molecule has 31 heavy (non-hydrogen) atoms. The second-order valence-electron chi connectivity index (χ2n) is 7.81. The molecule has 1 saturated heterocycles. The summed E-state index contributed by atoms with van der Waals surface area (Å²) in [6.45, 7) is 4.39. The summed E-state index contributed by atoms with van der Waals surface area (Å²) < 4.78 is 18.4. The van der Waals surface area contributed by atoms with Crippen LogP contribution in [0, 0.1) is 11.7 Å². The average Bonchev–Trinajstić information content (AvgIpc) is 2.97. The van der Waals surface area contributed by atoms with Gasteiger partial charge < -0.3 is 15.0 Å². The molecule has 1 fully saturated rings. The Morgan fingerprint density at radius 1 is 1.10 bits per heavy atom. The molecule has 1 heterocycles. The first-order valence-electron chi connectivity index (χ1n) is 10.1. The number of nitrogens with zero attached hydrogens (tertiary/aromatic N) is 2. The summed E-state index contributed by atoms with van der Waals surface area (Å²) in [6, 6.07) is 10.5. The van der Waals surface area contributed by atoms with Crippen LogP contribution in [0.15, 0.2) is 48.5 Å². The summed E-state index contributed by atoms with van der Waals surface area (Å²) in [7, 11) is 1.55. The molecule has 1 aliphatic heterocycles. The number of hydrogen-bond acceptors (Lipinski definition) is 4. The van der Waals surface area contributed by atoms with Gasteiger partial charge in [0.15, 0.2) is 0 Å². The molecular weight excluding hydrogens is 401 g/mol. The first-order valence-corrected chi connectivity index (χ1v) is 10.1. The molecule has 1 atom stereocenters. The van der Waals surface area contributed by atoms with Gasteiger partial charge in [-0.2, -0.15) is 0 Å². The van der Waals surface area contributed by atoms with Gasteiger partial charge in [-0.05, 0) is 60.9 Å². The van der Waals surface area contributed by atoms with E-state index >= 15 is 0 Å². The lowest BCUT2D eigenvalue weighted by Crippen LogP contribution is -2.39. The van der Waals surface area contributed by atoms with Crippen molar-refractivity contribution in [1.82, 2.24) is 4.90 Å². The average molecular weight is 427 g/mol. The maximum absolute atomic E-state index is 13.3. The van der Waals surface area contributed by atoms with Gasteiger partial charge >= 0.3 is 6.03 Å². The molecular formula is C23H26FN3O4. The number of halogens is 1. The molecule has 8 heteroatoms. The summed E-state index contributed by atoms with van der Waals surface area (Å²) in [6.07, 6.45) is 0.513. The van der Waals surface area contributed by atoms with Crippen LogP contribution in [0.5, 0.6) is 5.75 Å². The molecule has 2 aromatic carbocycles. The maximum Gasteiger partial charge on any atom is 0.332 e. The Balaban J connectivity index is 1.78. The molecule has 0 unspecified atom stereocenters. The molecule has 0 aromatic heterocycles. The van der Waals surface area contributed by atoms with Crippen LogP contribution in [0.4, 0.5) is 20.6 Å². The van der Waals surface area contributed by atoms with E-state index in [9.17, 15) is 18.8 Å². The van der Waals surface area contributed by atoms with Crippen molar-refractivity contribution in [3.63, 3.8) is 0 Å². The second-order valence-corrected chi connectivity index (χ2v) is 7.81. The van der Waals surface area contributed by atoms with Gasteiger partial charge in [0, 0.05) is 12.2 Å². The summed E-state index contributed by atoms with van der Waals surface area (Å²) in [5.74, 6) is -0.368. The van der Waals surface area contributed by atoms with Crippen molar-refractivity contribution in [2.75, 3.05) is 23.9 Å². The number of benzene rings is 2. The number of carbonyl (C=O) groups is 3. The number of urea groups is 1. The molecule has 0 bridgehead atoms. The number of amides is 4. The number of carbonyl (C=O) groups excluding carboxylic acids is 3. The molecule has 164 valence electrons. The highest BCUT2D eigenvalue weighted by Crippen LogP contribution is 2.28. The van der Waals surface area contributed by atoms with Crippen LogP contribution in [0.3, 0.4) is 0 Å². The highest BCUT2D eigenvalue weighted by molar-refractivity contribution is 6.22. The van der Waals surface area contributed by atoms with Gasteiger partial charge in [-0.15, -0.1) is 0 Å². The standard InChI is InChI=1S/C23H26FN3O4/c1-15(2)12-13-26-20(14-21(28)25-17-6-10-19(31-3)11-7-17)22(29)27(23(26)30)18-8-4-16(24)5-9-18/h4-11,15,20H,12-14H2,1-3H3,(H,25,28)/t20-/m0/s1. The van der Waals surface area contributed by atoms with E-state index in [-0.39, 0.29) is 18.0 Å². The topological polar surface area (TPSA) is 79.0 Å². The third-order valence-electron chi connectivity index (χ3n) is 5.10. The number of anilines is 2. The third kappa shape index (κ3) is 5.20. The Kier molecular flexibility index (Phi) is 6.89. The van der Waals surface area contributed by atoms with Crippen molar-refractivity contribution in [2.45, 2.75) is 32.7 Å². The fourth-order valence-corrected chi connectivity index (χ4v) is 3.37. The number of rotatable bonds is 8. The van der Waals surface area contributed by atoms with E-state index in [0.717, 1.165) is 4.90 Å². The molecule has 0 aliphatic carbocycles. The first kappa shape index (κ1) is 22.3. The van der Waals surface area contributed by atoms with Gasteiger partial charge in [0.25, 0.3) is 5.91 Å². The zero-order chi connectivity index (χ0) is 22.5. The molecule has 0 spiro atoms. The first-order chi connectivity index (χ1) is 14.8. The Morgan fingerprint density at radius 3 is 2.32 bits per heavy atom. The Labute approximate surface area is 180 Å². The fraction of sp³-hybridized carbons (Fsp3) is 0.348. The van der Waals surface area contributed by atoms with Crippen molar-refractivity contribution in [3.05, 3.63) is 54.3 Å². The van der Waals surface area contributed by atoms with Gasteiger partial charge in [0.1, 0.15) is 17.6 Å². The number of imide groups is 1. The molecule has 7 nitrogen and oxygen atoms in total. The lowest BCUT2D eigenvalue weighted by atomic mass is 10.1. The normalized spacial score (nSPS) is 16.2. The summed E-state index contributed by atoms with van der Waals surface area (Å²) in [5, 5.41) is 2.75. The largest absolute Gasteiger partial charge is 0.497 e. The highest BCUT2D eigenvalue weighted by atomic mass is 19.1. The lowest BCUT2D eigenvalue weighted by Gasteiger charge is -2.22. The van der Waals surface area contributed by atoms with Crippen LogP contribution >= 0.6 is 0 Å². The van der Waals surface area contributed by atoms with Gasteiger partial charge in [-0.3, -0.25) is 9.59 Å². The zero-order valence-electron chi connectivity index (χ0n) is 17.8. The van der Waals surface area contributed by atoms with Crippen molar-refractivity contribution < 1.29 is 23.5 Å². The predicted octanol–water partition coefficient (Wildman–Crippen LogP) is 4.05. The molecule has 0 saturated carbocycles. The van der Waals surface area contributed by atoms with Crippen LogP contribution in [0.1, 0.15) is 26.7 Å². The van der Waals surface area contributed by atoms with Crippen LogP contribution in [0.2, 0.25) is 0 Å². The maximum atomic E-state index is 13.3. The number of nitrogens with one attached hydrogen (secondary N) is 1. The minimum Gasteiger partial charge on any atom is -0.497 e. The Hall–Kier alpha value is -3.42. The van der Waals surface area contributed by atoms with E-state index in [1.54, 1.807) is 31.4 Å². The summed E-state index contributed by atoms with van der Waals surface area (Å²) in [5.41, 5.74) is 0.843. The zero-order valence-corrected chi connectivity index (χ0v) is 17.8. The monoisotopic (exact) mass is 427 g/mol. The van der Waals surface area contributed by atoms with E-state index < -0.39 is 23.8 Å². The molecule has 1 N–H and O–H groups in total. The van der Waals surface area contributed by atoms with Crippen molar-refractivity contribution in [2.24, 2.45) is 5.92 Å². The van der Waals surface area contributed by atoms with Crippen LogP contribution in [0.25, 0.3) is 0 Å². The van der Waals surface area contributed by atoms with E-state index in [1.165, 1.54) is 29.2 Å². The van der Waals surface area contributed by atoms with E-state index in [0.29, 0.717) is 30.3 Å². The quantitative estimate of drug-likeness (QED) is 0.645. The lowest BCUT2D eigenvalue weighted by molar-refractivity contribution is -0.124. The molecule has 0 radical (unpaired) electrons. The van der Waals surface area contributed by atoms with E-state index in [2.05, 4.69) is 5.32 Å². The van der Waals surface area contributed by atoms with Crippen molar-refractivity contribution >= 4 is 29.2 Å². The predicted molar refractivity (Wildman–Crippen MR) is 115 cm³/mol. The van der Waals surface area contributed by atoms with Gasteiger partial charge in [0.2, 0.25) is 5.91 Å². The minimum atomic E-state index is -0.922. The van der Waals surface area contributed by atoms with Gasteiger partial charge in [-0.1, -0.05) is 13.8 Å². The Morgan fingerprint density at radius 2 is 1.74 bits per heavy atom. The molecule has 4 amide bonds. The number of hydrogen-bond donors (Lipinski definition) is 1. The van der Waals surface area contributed by atoms with Crippen molar-refractivity contribution in [3.8, 4) is 5.75 Å². The van der Waals surface area contributed by atoms with Gasteiger partial charge in [0.05, 0.1) is 19.2 Å². The van der Waals surface area contributed by atoms with E-state index in [1.807, 2.05) is 13.8 Å². The third-order valence-corrected chi connectivity index (χ3v) is 5.10. The Bertz CT molecular complexity index is 944. The van der Waals surface area contributed by atoms with E-state index in [4.69, 9.17) is 4.74 Å². The number of ether oxygens (including phenoxy) is 1.